The highest BCUT2D eigenvalue weighted by atomic mass is 79.9. The van der Waals surface area contributed by atoms with Crippen molar-refractivity contribution in [2.45, 2.75) is 13.2 Å². The molecule has 0 unspecified atom stereocenters. The van der Waals surface area contributed by atoms with Crippen molar-refractivity contribution < 1.29 is 9.47 Å². The van der Waals surface area contributed by atoms with Gasteiger partial charge in [-0.2, -0.15) is 0 Å². The Hall–Kier alpha value is -1.30. The van der Waals surface area contributed by atoms with Crippen LogP contribution in [0.25, 0.3) is 0 Å². The molecule has 0 amide bonds. The second-order valence-corrected chi connectivity index (χ2v) is 8.60. The van der Waals surface area contributed by atoms with Crippen LogP contribution in [0, 0.1) is 0 Å². The maximum absolute atomic E-state index is 6.27. The van der Waals surface area contributed by atoms with Crippen LogP contribution in [0.4, 0.5) is 5.69 Å². The van der Waals surface area contributed by atoms with Gasteiger partial charge in [0, 0.05) is 37.2 Å². The Labute approximate surface area is 197 Å². The lowest BCUT2D eigenvalue weighted by Crippen LogP contribution is -2.06. The first-order valence-electron chi connectivity index (χ1n) is 8.50. The van der Waals surface area contributed by atoms with E-state index in [4.69, 9.17) is 55.9 Å². The smallest absolute Gasteiger partial charge is 0.167 e. The summed E-state index contributed by atoms with van der Waals surface area (Å²) in [6.07, 6.45) is 0. The first kappa shape index (κ1) is 22.4. The molecule has 3 rings (SSSR count). The van der Waals surface area contributed by atoms with Gasteiger partial charge in [0.25, 0.3) is 0 Å². The Morgan fingerprint density at radius 2 is 1.59 bits per heavy atom. The zero-order valence-electron chi connectivity index (χ0n) is 15.2. The zero-order chi connectivity index (χ0) is 21.0. The van der Waals surface area contributed by atoms with Crippen LogP contribution >= 0.6 is 62.3 Å². The molecule has 3 nitrogen and oxygen atoms in total. The van der Waals surface area contributed by atoms with Crippen molar-refractivity contribution in [3.63, 3.8) is 0 Å². The molecule has 0 aromatic heterocycles. The topological polar surface area (TPSA) is 30.5 Å². The highest BCUT2D eigenvalue weighted by Crippen LogP contribution is 2.38. The van der Waals surface area contributed by atoms with Crippen LogP contribution in [0.3, 0.4) is 0 Å². The van der Waals surface area contributed by atoms with Crippen LogP contribution in [0.15, 0.2) is 53.0 Å². The van der Waals surface area contributed by atoms with Crippen molar-refractivity contribution in [2.75, 3.05) is 12.4 Å². The fraction of sp³-hybridized carbons (Fsp3) is 0.143. The summed E-state index contributed by atoms with van der Waals surface area (Å²) >= 11 is 28.1. The summed E-state index contributed by atoms with van der Waals surface area (Å²) in [5, 5.41) is 5.53. The highest BCUT2D eigenvalue weighted by Gasteiger charge is 2.16. The summed E-state index contributed by atoms with van der Waals surface area (Å²) in [5.41, 5.74) is 2.45. The van der Waals surface area contributed by atoms with Crippen molar-refractivity contribution in [1.29, 1.82) is 0 Å². The standard InChI is InChI=1S/C21H16BrCl4NO2/c1-28-20-7-5-16(22)15(10-27-19-6-4-14(24)9-18(19)26)21(20)29-11-12-2-3-13(23)8-17(12)25/h2-9,27H,10-11H2,1H3. The molecule has 0 aliphatic carbocycles. The van der Waals surface area contributed by atoms with Gasteiger partial charge in [-0.3, -0.25) is 0 Å². The van der Waals surface area contributed by atoms with Gasteiger partial charge in [-0.25, -0.2) is 0 Å². The first-order chi connectivity index (χ1) is 13.9. The quantitative estimate of drug-likeness (QED) is 0.330. The third-order valence-corrected chi connectivity index (χ3v) is 6.04. The molecular formula is C21H16BrCl4NO2. The molecule has 8 heteroatoms. The van der Waals surface area contributed by atoms with Crippen molar-refractivity contribution in [2.24, 2.45) is 0 Å². The molecular weight excluding hydrogens is 520 g/mol. The van der Waals surface area contributed by atoms with Gasteiger partial charge >= 0.3 is 0 Å². The maximum Gasteiger partial charge on any atom is 0.167 e. The van der Waals surface area contributed by atoms with Gasteiger partial charge in [0.05, 0.1) is 17.8 Å². The van der Waals surface area contributed by atoms with E-state index in [0.717, 1.165) is 21.3 Å². The number of benzene rings is 3. The minimum absolute atomic E-state index is 0.261. The maximum atomic E-state index is 6.27. The summed E-state index contributed by atoms with van der Waals surface area (Å²) in [6, 6.07) is 14.3. The third kappa shape index (κ3) is 5.65. The van der Waals surface area contributed by atoms with Gasteiger partial charge in [-0.15, -0.1) is 0 Å². The number of rotatable bonds is 7. The second kappa shape index (κ2) is 10.1. The minimum Gasteiger partial charge on any atom is -0.493 e. The molecule has 0 spiro atoms. The molecule has 0 aliphatic rings. The molecule has 0 radical (unpaired) electrons. The Balaban J connectivity index is 1.86. The number of methoxy groups -OCH3 is 1. The molecule has 3 aromatic rings. The van der Waals surface area contributed by atoms with E-state index in [2.05, 4.69) is 21.2 Å². The Kier molecular flexibility index (Phi) is 7.83. The molecule has 1 N–H and O–H groups in total. The van der Waals surface area contributed by atoms with Gasteiger partial charge in [-0.05, 0) is 42.5 Å². The lowest BCUT2D eigenvalue weighted by atomic mass is 10.1. The number of ether oxygens (including phenoxy) is 2. The molecule has 3 aromatic carbocycles. The predicted molar refractivity (Wildman–Crippen MR) is 125 cm³/mol. The number of hydrogen-bond acceptors (Lipinski definition) is 3. The van der Waals surface area contributed by atoms with Crippen LogP contribution < -0.4 is 14.8 Å². The number of nitrogens with one attached hydrogen (secondary N) is 1. The Morgan fingerprint density at radius 1 is 0.897 bits per heavy atom. The van der Waals surface area contributed by atoms with Crippen LogP contribution in [0.5, 0.6) is 11.5 Å². The summed E-state index contributed by atoms with van der Waals surface area (Å²) in [5.74, 6) is 1.21. The molecule has 152 valence electrons. The molecule has 0 heterocycles. The van der Waals surface area contributed by atoms with E-state index in [-0.39, 0.29) is 6.61 Å². The average molecular weight is 536 g/mol. The van der Waals surface area contributed by atoms with E-state index >= 15 is 0 Å². The summed E-state index contributed by atoms with van der Waals surface area (Å²) < 4.78 is 12.5. The number of hydrogen-bond donors (Lipinski definition) is 1. The van der Waals surface area contributed by atoms with Crippen LogP contribution in [-0.2, 0) is 13.2 Å². The van der Waals surface area contributed by atoms with E-state index in [0.29, 0.717) is 38.1 Å². The van der Waals surface area contributed by atoms with Gasteiger partial charge in [0.1, 0.15) is 6.61 Å². The molecule has 0 fully saturated rings. The predicted octanol–water partition coefficient (Wildman–Crippen LogP) is 8.26. The molecule has 0 atom stereocenters. The van der Waals surface area contributed by atoms with Gasteiger partial charge < -0.3 is 14.8 Å². The zero-order valence-corrected chi connectivity index (χ0v) is 19.8. The van der Waals surface area contributed by atoms with E-state index in [1.165, 1.54) is 0 Å². The molecule has 0 saturated carbocycles. The summed E-state index contributed by atoms with van der Waals surface area (Å²) in [4.78, 5) is 0. The fourth-order valence-corrected chi connectivity index (χ4v) is 4.06. The summed E-state index contributed by atoms with van der Waals surface area (Å²) in [7, 11) is 1.60. The lowest BCUT2D eigenvalue weighted by Gasteiger charge is -2.18. The number of anilines is 1. The van der Waals surface area contributed by atoms with E-state index < -0.39 is 0 Å². The van der Waals surface area contributed by atoms with Crippen LogP contribution in [-0.4, -0.2) is 7.11 Å². The Morgan fingerprint density at radius 3 is 2.24 bits per heavy atom. The first-order valence-corrected chi connectivity index (χ1v) is 10.8. The molecule has 0 saturated heterocycles. The monoisotopic (exact) mass is 533 g/mol. The minimum atomic E-state index is 0.261. The van der Waals surface area contributed by atoms with E-state index in [1.54, 1.807) is 31.4 Å². The van der Waals surface area contributed by atoms with E-state index in [9.17, 15) is 0 Å². The third-order valence-electron chi connectivity index (χ3n) is 4.16. The van der Waals surface area contributed by atoms with Crippen molar-refractivity contribution in [1.82, 2.24) is 0 Å². The van der Waals surface area contributed by atoms with Gasteiger partial charge in [0.15, 0.2) is 11.5 Å². The van der Waals surface area contributed by atoms with Crippen LogP contribution in [0.1, 0.15) is 11.1 Å². The van der Waals surface area contributed by atoms with Crippen molar-refractivity contribution >= 4 is 68.0 Å². The molecule has 0 bridgehead atoms. The molecule has 0 aliphatic heterocycles. The van der Waals surface area contributed by atoms with Crippen molar-refractivity contribution in [3.8, 4) is 11.5 Å². The largest absolute Gasteiger partial charge is 0.493 e. The van der Waals surface area contributed by atoms with Crippen molar-refractivity contribution in [3.05, 3.63) is 84.2 Å². The van der Waals surface area contributed by atoms with Gasteiger partial charge in [0.2, 0.25) is 0 Å². The fourth-order valence-electron chi connectivity index (χ4n) is 2.67. The highest BCUT2D eigenvalue weighted by molar-refractivity contribution is 9.10. The normalized spacial score (nSPS) is 10.7. The van der Waals surface area contributed by atoms with Gasteiger partial charge in [-0.1, -0.05) is 68.4 Å². The summed E-state index contributed by atoms with van der Waals surface area (Å²) in [6.45, 7) is 0.709. The second-order valence-electron chi connectivity index (χ2n) is 6.06. The Bertz CT molecular complexity index is 1030. The van der Waals surface area contributed by atoms with E-state index in [1.807, 2.05) is 24.3 Å². The molecule has 29 heavy (non-hydrogen) atoms. The van der Waals surface area contributed by atoms with Crippen LogP contribution in [0.2, 0.25) is 20.1 Å². The lowest BCUT2D eigenvalue weighted by molar-refractivity contribution is 0.281. The number of halogens is 5. The SMILES string of the molecule is COc1ccc(Br)c(CNc2ccc(Cl)cc2Cl)c1OCc1ccc(Cl)cc1Cl. The average Bonchev–Trinajstić information content (AvgIpc) is 2.68.